The summed E-state index contributed by atoms with van der Waals surface area (Å²) in [5, 5.41) is 3.01. The highest BCUT2D eigenvalue weighted by Crippen LogP contribution is 2.43. The van der Waals surface area contributed by atoms with Gasteiger partial charge in [-0.3, -0.25) is 18.6 Å². The number of rotatable bonds is 59. The zero-order valence-corrected chi connectivity index (χ0v) is 52.8. The van der Waals surface area contributed by atoms with Gasteiger partial charge < -0.3 is 19.4 Å². The summed E-state index contributed by atoms with van der Waals surface area (Å²) >= 11 is 0. The smallest absolute Gasteiger partial charge is 0.456 e. The maximum atomic E-state index is 13.5. The molecule has 1 amide bonds. The lowest BCUT2D eigenvalue weighted by molar-refractivity contribution is -0.870. The zero-order valence-electron chi connectivity index (χ0n) is 51.9. The minimum atomic E-state index is -4.47. The lowest BCUT2D eigenvalue weighted by Gasteiger charge is -2.27. The van der Waals surface area contributed by atoms with E-state index < -0.39 is 20.0 Å². The van der Waals surface area contributed by atoms with Crippen LogP contribution in [0.2, 0.25) is 0 Å². The van der Waals surface area contributed by atoms with Crippen LogP contribution < -0.4 is 5.32 Å². The van der Waals surface area contributed by atoms with Crippen molar-refractivity contribution < 1.29 is 37.3 Å². The number of ether oxygens (including phenoxy) is 1. The summed E-state index contributed by atoms with van der Waals surface area (Å²) in [7, 11) is 1.45. The number of esters is 1. The number of allylic oxidation sites excluding steroid dienone is 11. The third-order valence-electron chi connectivity index (χ3n) is 14.4. The van der Waals surface area contributed by atoms with Crippen LogP contribution in [0.3, 0.4) is 0 Å². The molecule has 0 aliphatic rings. The Morgan fingerprint density at radius 3 is 1.23 bits per heavy atom. The number of quaternary nitrogens is 1. The molecule has 78 heavy (non-hydrogen) atoms. The van der Waals surface area contributed by atoms with E-state index in [0.717, 1.165) is 70.6 Å². The molecule has 0 rings (SSSR count). The van der Waals surface area contributed by atoms with Gasteiger partial charge in [-0.15, -0.1) is 0 Å². The van der Waals surface area contributed by atoms with Crippen LogP contribution in [0.1, 0.15) is 297 Å². The van der Waals surface area contributed by atoms with E-state index in [4.69, 9.17) is 13.8 Å². The third-order valence-corrected chi connectivity index (χ3v) is 15.4. The molecule has 3 atom stereocenters. The molecule has 0 aromatic carbocycles. The molecule has 0 aromatic heterocycles. The molecule has 0 spiro atoms. The largest absolute Gasteiger partial charge is 0.472 e. The maximum Gasteiger partial charge on any atom is 0.472 e. The monoisotopic (exact) mass is 1110 g/mol. The predicted molar refractivity (Wildman–Crippen MR) is 337 cm³/mol. The highest BCUT2D eigenvalue weighted by molar-refractivity contribution is 7.47. The summed E-state index contributed by atoms with van der Waals surface area (Å²) in [5.41, 5.74) is 0. The average Bonchev–Trinajstić information content (AvgIpc) is 3.40. The van der Waals surface area contributed by atoms with Gasteiger partial charge in [0, 0.05) is 12.8 Å². The van der Waals surface area contributed by atoms with Gasteiger partial charge >= 0.3 is 13.8 Å². The molecule has 3 unspecified atom stereocenters. The standard InChI is InChI=1S/C68H125N2O7P/c1-7-10-13-16-19-22-25-28-30-32-33-34-35-36-37-38-40-43-46-49-52-55-58-61-68(72)77-66(59-56-53-50-47-44-41-27-24-21-18-15-12-9-3)65(64-76-78(73,74)75-63-62-70(4,5)6)69-67(71)60-57-54-51-48-45-42-39-31-29-26-23-20-17-14-11-8-2/h11,14,20,23,29,31,42,45,51,54,56,59,65-66H,7-10,12-13,15-19,21-22,24-28,30,32-41,43-44,46-50,52-53,55,57-58,60-64H2,1-6H3,(H-,69,71,73,74)/p+1/b14-11+,23-20+,31-29+,45-42+,54-51+,59-56-. The summed E-state index contributed by atoms with van der Waals surface area (Å²) in [5.74, 6) is -0.593. The van der Waals surface area contributed by atoms with Crippen LogP contribution in [-0.4, -0.2) is 74.3 Å². The number of nitrogens with zero attached hydrogens (tertiary/aromatic N) is 1. The number of likely N-dealkylation sites (N-methyl/N-ethyl adjacent to an activating group) is 1. The molecule has 0 saturated carbocycles. The average molecular weight is 1110 g/mol. The van der Waals surface area contributed by atoms with E-state index in [2.05, 4.69) is 80.8 Å². The van der Waals surface area contributed by atoms with Gasteiger partial charge in [-0.1, -0.05) is 293 Å². The first kappa shape index (κ1) is 75.5. The molecule has 0 aliphatic heterocycles. The number of carbonyl (C=O) groups is 2. The number of nitrogens with one attached hydrogen (secondary N) is 1. The van der Waals surface area contributed by atoms with Crippen molar-refractivity contribution in [1.29, 1.82) is 0 Å². The van der Waals surface area contributed by atoms with E-state index >= 15 is 0 Å². The molecule has 0 heterocycles. The van der Waals surface area contributed by atoms with Crippen molar-refractivity contribution in [1.82, 2.24) is 5.32 Å². The molecule has 2 N–H and O–H groups in total. The van der Waals surface area contributed by atoms with Crippen molar-refractivity contribution in [3.63, 3.8) is 0 Å². The van der Waals surface area contributed by atoms with Gasteiger partial charge in [0.25, 0.3) is 0 Å². The van der Waals surface area contributed by atoms with Crippen LogP contribution in [0.25, 0.3) is 0 Å². The van der Waals surface area contributed by atoms with Crippen LogP contribution in [-0.2, 0) is 27.9 Å². The van der Waals surface area contributed by atoms with Crippen LogP contribution in [0, 0.1) is 0 Å². The van der Waals surface area contributed by atoms with Crippen LogP contribution >= 0.6 is 7.82 Å². The molecular weight excluding hydrogens is 988 g/mol. The topological polar surface area (TPSA) is 111 Å². The van der Waals surface area contributed by atoms with Crippen molar-refractivity contribution in [2.45, 2.75) is 309 Å². The molecule has 0 fully saturated rings. The van der Waals surface area contributed by atoms with Crippen molar-refractivity contribution in [3.8, 4) is 0 Å². The van der Waals surface area contributed by atoms with E-state index in [1.165, 1.54) is 186 Å². The minimum Gasteiger partial charge on any atom is -0.456 e. The van der Waals surface area contributed by atoms with E-state index in [9.17, 15) is 19.0 Å². The molecular formula is C68H126N2O7P+. The van der Waals surface area contributed by atoms with Crippen LogP contribution in [0.15, 0.2) is 72.9 Å². The van der Waals surface area contributed by atoms with Crippen molar-refractivity contribution in [2.24, 2.45) is 0 Å². The molecule has 0 bridgehead atoms. The fourth-order valence-electron chi connectivity index (χ4n) is 9.40. The number of phosphoric acid groups is 1. The van der Waals surface area contributed by atoms with E-state index in [-0.39, 0.29) is 37.9 Å². The molecule has 0 aliphatic carbocycles. The first-order chi connectivity index (χ1) is 37.9. The van der Waals surface area contributed by atoms with Gasteiger partial charge in [0.1, 0.15) is 19.3 Å². The Hall–Kier alpha value is -2.55. The van der Waals surface area contributed by atoms with Gasteiger partial charge in [-0.25, -0.2) is 4.57 Å². The second kappa shape index (κ2) is 57.7. The zero-order chi connectivity index (χ0) is 57.2. The van der Waals surface area contributed by atoms with E-state index in [0.29, 0.717) is 17.4 Å². The lowest BCUT2D eigenvalue weighted by atomic mass is 10.0. The third kappa shape index (κ3) is 58.1. The van der Waals surface area contributed by atoms with Crippen molar-refractivity contribution in [3.05, 3.63) is 72.9 Å². The number of hydrogen-bond acceptors (Lipinski definition) is 6. The lowest BCUT2D eigenvalue weighted by Crippen LogP contribution is -2.47. The Labute approximate surface area is 483 Å². The van der Waals surface area contributed by atoms with Crippen molar-refractivity contribution in [2.75, 3.05) is 40.9 Å². The van der Waals surface area contributed by atoms with Gasteiger partial charge in [0.2, 0.25) is 5.91 Å². The molecule has 0 radical (unpaired) electrons. The normalized spacial score (nSPS) is 14.1. The van der Waals surface area contributed by atoms with Crippen LogP contribution in [0.5, 0.6) is 0 Å². The highest BCUT2D eigenvalue weighted by Gasteiger charge is 2.30. The fourth-order valence-corrected chi connectivity index (χ4v) is 10.1. The molecule has 0 aromatic rings. The Balaban J connectivity index is 5.23. The number of phosphoric ester groups is 1. The van der Waals surface area contributed by atoms with Crippen LogP contribution in [0.4, 0.5) is 0 Å². The number of hydrogen-bond donors (Lipinski definition) is 2. The van der Waals surface area contributed by atoms with E-state index in [1.54, 1.807) is 0 Å². The second-order valence-corrected chi connectivity index (χ2v) is 24.7. The summed E-state index contributed by atoms with van der Waals surface area (Å²) in [4.78, 5) is 37.7. The van der Waals surface area contributed by atoms with Gasteiger partial charge in [0.05, 0.1) is 33.8 Å². The Bertz CT molecular complexity index is 1570. The highest BCUT2D eigenvalue weighted by atomic mass is 31.2. The van der Waals surface area contributed by atoms with Gasteiger partial charge in [-0.05, 0) is 63.9 Å². The first-order valence-electron chi connectivity index (χ1n) is 32.8. The quantitative estimate of drug-likeness (QED) is 0.0205. The summed E-state index contributed by atoms with van der Waals surface area (Å²) in [6, 6.07) is -0.889. The number of unbranched alkanes of at least 4 members (excludes halogenated alkanes) is 33. The summed E-state index contributed by atoms with van der Waals surface area (Å²) < 4.78 is 30.7. The van der Waals surface area contributed by atoms with Crippen molar-refractivity contribution >= 4 is 19.7 Å². The summed E-state index contributed by atoms with van der Waals surface area (Å²) in [6.45, 7) is 6.87. The SMILES string of the molecule is CC/C=C/C/C=C/C/C=C/C/C=C/C/C=C/CCC(=O)NC(COP(=O)(O)OCC[N+](C)(C)C)C(/C=C\CCCCCCCCCCCCC)OC(=O)CCCCCCCCCCCCCCCCCCCCCCCCC. The van der Waals surface area contributed by atoms with E-state index in [1.807, 2.05) is 39.4 Å². The summed E-state index contributed by atoms with van der Waals surface area (Å²) in [6.07, 6.45) is 75.0. The molecule has 454 valence electrons. The number of amides is 1. The van der Waals surface area contributed by atoms with Gasteiger partial charge in [0.15, 0.2) is 0 Å². The molecule has 9 nitrogen and oxygen atoms in total. The Morgan fingerprint density at radius 2 is 0.833 bits per heavy atom. The minimum absolute atomic E-state index is 0.0262. The maximum absolute atomic E-state index is 13.5. The molecule has 10 heteroatoms. The first-order valence-corrected chi connectivity index (χ1v) is 34.3. The Morgan fingerprint density at radius 1 is 0.462 bits per heavy atom. The molecule has 0 saturated heterocycles. The Kier molecular flexibility index (Phi) is 55.8. The number of carbonyl (C=O) groups excluding carboxylic acids is 2. The second-order valence-electron chi connectivity index (χ2n) is 23.3. The van der Waals surface area contributed by atoms with Gasteiger partial charge in [-0.2, -0.15) is 0 Å². The fraction of sp³-hybridized carbons (Fsp3) is 0.794. The predicted octanol–water partition coefficient (Wildman–Crippen LogP) is 20.4.